The number of para-hydroxylation sites is 2. The fourth-order valence-electron chi connectivity index (χ4n) is 8.48. The minimum absolute atomic E-state index is 0.104. The van der Waals surface area contributed by atoms with Gasteiger partial charge in [-0.15, -0.1) is 0 Å². The van der Waals surface area contributed by atoms with Gasteiger partial charge in [-0.1, -0.05) is 153 Å². The summed E-state index contributed by atoms with van der Waals surface area (Å²) < 4.78 is 6.44. The van der Waals surface area contributed by atoms with Crippen molar-refractivity contribution in [3.63, 3.8) is 0 Å². The van der Waals surface area contributed by atoms with Crippen LogP contribution >= 0.6 is 0 Å². The van der Waals surface area contributed by atoms with Crippen molar-refractivity contribution in [2.45, 2.75) is 19.3 Å². The van der Waals surface area contributed by atoms with E-state index >= 15 is 0 Å². The number of nitrogens with zero attached hydrogens (tertiary/aromatic N) is 1. The lowest BCUT2D eigenvalue weighted by atomic mass is 9.82. The van der Waals surface area contributed by atoms with Crippen molar-refractivity contribution >= 4 is 49.8 Å². The van der Waals surface area contributed by atoms with Gasteiger partial charge >= 0.3 is 0 Å². The molecule has 0 fully saturated rings. The summed E-state index contributed by atoms with van der Waals surface area (Å²) in [6, 6.07) is 63.6. The van der Waals surface area contributed by atoms with Gasteiger partial charge in [0.2, 0.25) is 0 Å². The molecular formula is C49H35NO. The molecule has 0 aliphatic heterocycles. The predicted octanol–water partition coefficient (Wildman–Crippen LogP) is 13.8. The van der Waals surface area contributed by atoms with Crippen LogP contribution in [-0.2, 0) is 5.41 Å². The Kier molecular flexibility index (Phi) is 6.56. The van der Waals surface area contributed by atoms with Gasteiger partial charge in [0.05, 0.1) is 11.4 Å². The van der Waals surface area contributed by atoms with E-state index in [1.807, 2.05) is 6.07 Å². The fraction of sp³-hybridized carbons (Fsp3) is 0.0612. The highest BCUT2D eigenvalue weighted by molar-refractivity contribution is 6.22. The molecule has 242 valence electrons. The molecule has 8 aromatic carbocycles. The Morgan fingerprint density at radius 3 is 1.86 bits per heavy atom. The zero-order chi connectivity index (χ0) is 34.1. The van der Waals surface area contributed by atoms with Gasteiger partial charge in [0.25, 0.3) is 0 Å². The molecular weight excluding hydrogens is 619 g/mol. The zero-order valence-electron chi connectivity index (χ0n) is 28.6. The van der Waals surface area contributed by atoms with Crippen molar-refractivity contribution in [3.05, 3.63) is 187 Å². The van der Waals surface area contributed by atoms with Gasteiger partial charge in [0, 0.05) is 33.0 Å². The van der Waals surface area contributed by atoms with E-state index in [2.05, 4.69) is 189 Å². The summed E-state index contributed by atoms with van der Waals surface area (Å²) in [4.78, 5) is 2.46. The van der Waals surface area contributed by atoms with E-state index in [4.69, 9.17) is 4.42 Å². The third-order valence-electron chi connectivity index (χ3n) is 10.9. The number of furan rings is 1. The van der Waals surface area contributed by atoms with Gasteiger partial charge in [-0.25, -0.2) is 0 Å². The normalized spacial score (nSPS) is 13.1. The van der Waals surface area contributed by atoms with Gasteiger partial charge in [-0.2, -0.15) is 0 Å². The Balaban J connectivity index is 1.19. The first-order valence-electron chi connectivity index (χ1n) is 17.7. The minimum atomic E-state index is -0.104. The van der Waals surface area contributed by atoms with Gasteiger partial charge in [-0.3, -0.25) is 0 Å². The molecule has 0 saturated carbocycles. The monoisotopic (exact) mass is 653 g/mol. The smallest absolute Gasteiger partial charge is 0.136 e. The van der Waals surface area contributed by atoms with Crippen molar-refractivity contribution in [2.24, 2.45) is 0 Å². The maximum atomic E-state index is 6.44. The van der Waals surface area contributed by atoms with Crippen LogP contribution in [0.5, 0.6) is 0 Å². The predicted molar refractivity (Wildman–Crippen MR) is 214 cm³/mol. The molecule has 10 rings (SSSR count). The Labute approximate surface area is 297 Å². The lowest BCUT2D eigenvalue weighted by Gasteiger charge is -2.30. The molecule has 0 unspecified atom stereocenters. The number of anilines is 3. The van der Waals surface area contributed by atoms with Crippen molar-refractivity contribution in [3.8, 4) is 33.4 Å². The van der Waals surface area contributed by atoms with E-state index in [9.17, 15) is 0 Å². The molecule has 0 amide bonds. The van der Waals surface area contributed by atoms with Crippen LogP contribution < -0.4 is 4.90 Å². The summed E-state index contributed by atoms with van der Waals surface area (Å²) in [5, 5.41) is 4.75. The molecule has 0 radical (unpaired) electrons. The second-order valence-electron chi connectivity index (χ2n) is 14.1. The molecule has 2 heteroatoms. The fourth-order valence-corrected chi connectivity index (χ4v) is 8.48. The number of benzene rings is 8. The van der Waals surface area contributed by atoms with E-state index in [0.717, 1.165) is 39.1 Å². The number of hydrogen-bond donors (Lipinski definition) is 0. The third kappa shape index (κ3) is 4.50. The molecule has 1 aromatic heterocycles. The van der Waals surface area contributed by atoms with Crippen molar-refractivity contribution in [2.75, 3.05) is 4.90 Å². The SMILES string of the molecule is CC1(C)c2ccccc2-c2c(N(c3ccc(-c4cc5oc6ccccc6c5c5ccccc45)cc3)c3ccccc3-c3ccccc3)cccc21. The number of fused-ring (bicyclic) bond motifs is 8. The standard InChI is InChI=1S/C49H35NO/c1-49(2)41-22-11-8-20-38(41)48-42(49)23-14-25-44(48)50(43-24-12-9-17-35(43)32-15-4-3-5-16-32)34-29-27-33(28-30-34)40-31-46-47(37-19-7-6-18-36(37)40)39-21-10-13-26-45(39)51-46/h3-31H,1-2H3. The maximum absolute atomic E-state index is 6.44. The second kappa shape index (κ2) is 11.3. The van der Waals surface area contributed by atoms with Gasteiger partial charge in [-0.05, 0) is 80.6 Å². The summed E-state index contributed by atoms with van der Waals surface area (Å²) in [5.74, 6) is 0. The van der Waals surface area contributed by atoms with Crippen LogP contribution in [0.2, 0.25) is 0 Å². The molecule has 0 bridgehead atoms. The molecule has 1 heterocycles. The lowest BCUT2D eigenvalue weighted by Crippen LogP contribution is -2.16. The van der Waals surface area contributed by atoms with Crippen LogP contribution in [0.3, 0.4) is 0 Å². The van der Waals surface area contributed by atoms with Crippen molar-refractivity contribution in [1.82, 2.24) is 0 Å². The molecule has 0 saturated heterocycles. The van der Waals surface area contributed by atoms with Crippen LogP contribution in [0.25, 0.3) is 66.1 Å². The van der Waals surface area contributed by atoms with Crippen LogP contribution in [0.4, 0.5) is 17.1 Å². The summed E-state index contributed by atoms with van der Waals surface area (Å²) in [6.45, 7) is 4.70. The molecule has 0 spiro atoms. The van der Waals surface area contributed by atoms with E-state index in [-0.39, 0.29) is 5.41 Å². The third-order valence-corrected chi connectivity index (χ3v) is 10.9. The molecule has 51 heavy (non-hydrogen) atoms. The average molecular weight is 654 g/mol. The molecule has 0 N–H and O–H groups in total. The van der Waals surface area contributed by atoms with E-state index < -0.39 is 0 Å². The number of rotatable bonds is 5. The van der Waals surface area contributed by atoms with Crippen LogP contribution in [0.1, 0.15) is 25.0 Å². The topological polar surface area (TPSA) is 16.4 Å². The first-order valence-corrected chi connectivity index (χ1v) is 17.7. The summed E-state index contributed by atoms with van der Waals surface area (Å²) in [6.07, 6.45) is 0. The zero-order valence-corrected chi connectivity index (χ0v) is 28.6. The van der Waals surface area contributed by atoms with Crippen molar-refractivity contribution in [1.29, 1.82) is 0 Å². The average Bonchev–Trinajstić information content (AvgIpc) is 3.68. The molecule has 1 aliphatic rings. The van der Waals surface area contributed by atoms with Crippen LogP contribution in [0.15, 0.2) is 180 Å². The maximum Gasteiger partial charge on any atom is 0.136 e. The largest absolute Gasteiger partial charge is 0.456 e. The quantitative estimate of drug-likeness (QED) is 0.184. The Morgan fingerprint density at radius 1 is 0.431 bits per heavy atom. The first-order chi connectivity index (χ1) is 25.1. The first kappa shape index (κ1) is 29.5. The van der Waals surface area contributed by atoms with E-state index in [0.29, 0.717) is 0 Å². The Bertz CT molecular complexity index is 2770. The van der Waals surface area contributed by atoms with Gasteiger partial charge < -0.3 is 9.32 Å². The highest BCUT2D eigenvalue weighted by Crippen LogP contribution is 2.55. The summed E-state index contributed by atoms with van der Waals surface area (Å²) >= 11 is 0. The van der Waals surface area contributed by atoms with E-state index in [1.165, 1.54) is 55.2 Å². The van der Waals surface area contributed by atoms with Crippen LogP contribution in [-0.4, -0.2) is 0 Å². The minimum Gasteiger partial charge on any atom is -0.456 e. The number of hydrogen-bond acceptors (Lipinski definition) is 2. The van der Waals surface area contributed by atoms with E-state index in [1.54, 1.807) is 0 Å². The van der Waals surface area contributed by atoms with Crippen LogP contribution in [0, 0.1) is 0 Å². The lowest BCUT2D eigenvalue weighted by molar-refractivity contribution is 0.660. The Morgan fingerprint density at radius 2 is 1.04 bits per heavy atom. The van der Waals surface area contributed by atoms with Gasteiger partial charge in [0.1, 0.15) is 11.2 Å². The van der Waals surface area contributed by atoms with Gasteiger partial charge in [0.15, 0.2) is 0 Å². The highest BCUT2D eigenvalue weighted by atomic mass is 16.3. The molecule has 9 aromatic rings. The summed E-state index contributed by atoms with van der Waals surface area (Å²) in [5.41, 5.74) is 15.2. The summed E-state index contributed by atoms with van der Waals surface area (Å²) in [7, 11) is 0. The molecule has 2 nitrogen and oxygen atoms in total. The molecule has 0 atom stereocenters. The highest BCUT2D eigenvalue weighted by Gasteiger charge is 2.37. The Hall–Kier alpha value is -6.38. The molecule has 1 aliphatic carbocycles. The second-order valence-corrected chi connectivity index (χ2v) is 14.1. The van der Waals surface area contributed by atoms with Crippen molar-refractivity contribution < 1.29 is 4.42 Å².